The van der Waals surface area contributed by atoms with E-state index in [-0.39, 0.29) is 24.1 Å². The summed E-state index contributed by atoms with van der Waals surface area (Å²) in [6.07, 6.45) is -4.80. The van der Waals surface area contributed by atoms with Crippen LogP contribution in [0.15, 0.2) is 18.2 Å². The Morgan fingerprint density at radius 1 is 1.18 bits per heavy atom. The maximum absolute atomic E-state index is 12.8. The van der Waals surface area contributed by atoms with Crippen LogP contribution in [0.25, 0.3) is 0 Å². The van der Waals surface area contributed by atoms with Gasteiger partial charge in [0.2, 0.25) is 5.91 Å². The van der Waals surface area contributed by atoms with Gasteiger partial charge in [0.1, 0.15) is 0 Å². The van der Waals surface area contributed by atoms with Gasteiger partial charge in [-0.05, 0) is 30.0 Å². The number of amides is 1. The van der Waals surface area contributed by atoms with E-state index in [4.69, 9.17) is 5.11 Å². The van der Waals surface area contributed by atoms with E-state index in [0.29, 0.717) is 0 Å². The van der Waals surface area contributed by atoms with Crippen LogP contribution in [0.3, 0.4) is 0 Å². The molecule has 0 heterocycles. The molecule has 4 nitrogen and oxygen atoms in total. The number of carbonyl (C=O) groups is 2. The highest BCUT2D eigenvalue weighted by atomic mass is 19.4. The van der Waals surface area contributed by atoms with Gasteiger partial charge >= 0.3 is 12.1 Å². The predicted octanol–water partition coefficient (Wildman–Crippen LogP) is 3.84. The summed E-state index contributed by atoms with van der Waals surface area (Å²) in [6.45, 7) is 4.50. The minimum absolute atomic E-state index is 0.0700. The van der Waals surface area contributed by atoms with Gasteiger partial charge in [0.25, 0.3) is 0 Å². The zero-order chi connectivity index (χ0) is 17.1. The number of alkyl halides is 3. The van der Waals surface area contributed by atoms with E-state index in [0.717, 1.165) is 6.07 Å². The van der Waals surface area contributed by atoms with Crippen molar-refractivity contribution < 1.29 is 27.9 Å². The van der Waals surface area contributed by atoms with Gasteiger partial charge in [-0.25, -0.2) is 0 Å². The summed E-state index contributed by atoms with van der Waals surface area (Å²) < 4.78 is 38.4. The molecule has 0 aliphatic carbocycles. The third-order valence-corrected chi connectivity index (χ3v) is 3.18. The van der Waals surface area contributed by atoms with Crippen molar-refractivity contribution in [1.82, 2.24) is 0 Å². The van der Waals surface area contributed by atoms with Gasteiger partial charge in [0, 0.05) is 12.1 Å². The fourth-order valence-electron chi connectivity index (χ4n) is 2.18. The average Bonchev–Trinajstić information content (AvgIpc) is 2.27. The number of anilines is 1. The molecular formula is C15H18F3NO3. The summed E-state index contributed by atoms with van der Waals surface area (Å²) >= 11 is 0. The number of rotatable bonds is 5. The molecule has 2 N–H and O–H groups in total. The molecule has 0 radical (unpaired) electrons. The first-order chi connectivity index (χ1) is 9.92. The van der Waals surface area contributed by atoms with E-state index in [2.05, 4.69) is 5.32 Å². The number of hydrogen-bond acceptors (Lipinski definition) is 2. The van der Waals surface area contributed by atoms with Gasteiger partial charge < -0.3 is 10.4 Å². The Hall–Kier alpha value is -2.05. The molecule has 0 saturated heterocycles. The van der Waals surface area contributed by atoms with Crippen molar-refractivity contribution in [1.29, 1.82) is 0 Å². The van der Waals surface area contributed by atoms with Crippen LogP contribution in [0.2, 0.25) is 0 Å². The first-order valence-corrected chi connectivity index (χ1v) is 6.61. The third kappa shape index (κ3) is 5.05. The summed E-state index contributed by atoms with van der Waals surface area (Å²) in [6, 6.07) is 3.54. The fraction of sp³-hybridized carbons (Fsp3) is 0.467. The quantitative estimate of drug-likeness (QED) is 0.867. The number of carboxylic acids is 1. The molecule has 1 aromatic rings. The molecule has 0 unspecified atom stereocenters. The summed E-state index contributed by atoms with van der Waals surface area (Å²) in [7, 11) is 0. The summed E-state index contributed by atoms with van der Waals surface area (Å²) in [5.74, 6) is -1.55. The van der Waals surface area contributed by atoms with E-state index >= 15 is 0 Å². The number of aliphatic carboxylic acids is 1. The summed E-state index contributed by atoms with van der Waals surface area (Å²) in [5, 5.41) is 11.2. The second-order valence-corrected chi connectivity index (χ2v) is 5.94. The van der Waals surface area contributed by atoms with Crippen LogP contribution in [-0.2, 0) is 15.8 Å². The van der Waals surface area contributed by atoms with Crippen LogP contribution in [0.5, 0.6) is 0 Å². The molecule has 1 rings (SSSR count). The maximum Gasteiger partial charge on any atom is 0.416 e. The Balaban J connectivity index is 2.88. The van der Waals surface area contributed by atoms with Crippen molar-refractivity contribution >= 4 is 17.6 Å². The lowest BCUT2D eigenvalue weighted by atomic mass is 9.85. The van der Waals surface area contributed by atoms with Crippen LogP contribution in [-0.4, -0.2) is 17.0 Å². The zero-order valence-electron chi connectivity index (χ0n) is 12.5. The zero-order valence-corrected chi connectivity index (χ0v) is 12.5. The molecule has 22 heavy (non-hydrogen) atoms. The minimum atomic E-state index is -4.49. The van der Waals surface area contributed by atoms with Crippen molar-refractivity contribution in [2.24, 2.45) is 5.41 Å². The van der Waals surface area contributed by atoms with Crippen molar-refractivity contribution in [3.05, 3.63) is 29.3 Å². The molecule has 0 fully saturated rings. The standard InChI is InChI=1S/C15H18F3NO3/c1-9-10(15(16,17)18)5-4-6-11(9)19-12(20)7-14(2,3)8-13(21)22/h4-6H,7-8H2,1-3H3,(H,19,20)(H,21,22). The molecule has 0 aliphatic heterocycles. The lowest BCUT2D eigenvalue weighted by Crippen LogP contribution is -2.25. The molecular weight excluding hydrogens is 299 g/mol. The molecule has 0 aliphatic rings. The average molecular weight is 317 g/mol. The van der Waals surface area contributed by atoms with Crippen LogP contribution in [0.4, 0.5) is 18.9 Å². The molecule has 0 bridgehead atoms. The highest BCUT2D eigenvalue weighted by Gasteiger charge is 2.33. The van der Waals surface area contributed by atoms with Crippen molar-refractivity contribution in [2.75, 3.05) is 5.32 Å². The molecule has 0 spiro atoms. The molecule has 122 valence electrons. The van der Waals surface area contributed by atoms with Gasteiger partial charge in [0.05, 0.1) is 12.0 Å². The smallest absolute Gasteiger partial charge is 0.416 e. The number of nitrogens with one attached hydrogen (secondary N) is 1. The maximum atomic E-state index is 12.8. The van der Waals surface area contributed by atoms with E-state index < -0.39 is 29.0 Å². The predicted molar refractivity (Wildman–Crippen MR) is 75.5 cm³/mol. The van der Waals surface area contributed by atoms with Crippen LogP contribution >= 0.6 is 0 Å². The molecule has 7 heteroatoms. The monoisotopic (exact) mass is 317 g/mol. The first kappa shape index (κ1) is 18.0. The normalized spacial score (nSPS) is 12.1. The Morgan fingerprint density at radius 3 is 2.27 bits per heavy atom. The second kappa shape index (κ2) is 6.37. The highest BCUT2D eigenvalue weighted by Crippen LogP contribution is 2.35. The Labute approximate surface area is 126 Å². The number of hydrogen-bond donors (Lipinski definition) is 2. The van der Waals surface area contributed by atoms with E-state index in [1.807, 2.05) is 0 Å². The first-order valence-electron chi connectivity index (χ1n) is 6.61. The number of carbonyl (C=O) groups excluding carboxylic acids is 1. The molecule has 0 atom stereocenters. The number of halogens is 3. The number of carboxylic acid groups (broad SMARTS) is 1. The van der Waals surface area contributed by atoms with E-state index in [1.54, 1.807) is 13.8 Å². The van der Waals surface area contributed by atoms with Gasteiger partial charge in [-0.3, -0.25) is 9.59 Å². The molecule has 1 aromatic carbocycles. The van der Waals surface area contributed by atoms with Crippen molar-refractivity contribution in [3.63, 3.8) is 0 Å². The Kier molecular flexibility index (Phi) is 5.22. The fourth-order valence-corrected chi connectivity index (χ4v) is 2.18. The largest absolute Gasteiger partial charge is 0.481 e. The summed E-state index contributed by atoms with van der Waals surface area (Å²) in [5.41, 5.74) is -1.59. The summed E-state index contributed by atoms with van der Waals surface area (Å²) in [4.78, 5) is 22.6. The van der Waals surface area contributed by atoms with Gasteiger partial charge in [-0.15, -0.1) is 0 Å². The molecule has 0 saturated carbocycles. The van der Waals surface area contributed by atoms with Crippen molar-refractivity contribution in [2.45, 2.75) is 39.8 Å². The van der Waals surface area contributed by atoms with Crippen LogP contribution < -0.4 is 5.32 Å². The van der Waals surface area contributed by atoms with Gasteiger partial charge in [-0.1, -0.05) is 19.9 Å². The number of benzene rings is 1. The van der Waals surface area contributed by atoms with Gasteiger partial charge in [-0.2, -0.15) is 13.2 Å². The van der Waals surface area contributed by atoms with E-state index in [1.165, 1.54) is 19.1 Å². The van der Waals surface area contributed by atoms with Crippen LogP contribution in [0, 0.1) is 12.3 Å². The van der Waals surface area contributed by atoms with Crippen LogP contribution in [0.1, 0.15) is 37.8 Å². The lowest BCUT2D eigenvalue weighted by Gasteiger charge is -2.22. The second-order valence-electron chi connectivity index (χ2n) is 5.94. The van der Waals surface area contributed by atoms with Gasteiger partial charge in [0.15, 0.2) is 0 Å². The molecule has 0 aromatic heterocycles. The SMILES string of the molecule is Cc1c(NC(=O)CC(C)(C)CC(=O)O)cccc1C(F)(F)F. The highest BCUT2D eigenvalue weighted by molar-refractivity contribution is 5.92. The topological polar surface area (TPSA) is 66.4 Å². The Bertz CT molecular complexity index is 580. The van der Waals surface area contributed by atoms with Crippen molar-refractivity contribution in [3.8, 4) is 0 Å². The Morgan fingerprint density at radius 2 is 1.77 bits per heavy atom. The minimum Gasteiger partial charge on any atom is -0.481 e. The van der Waals surface area contributed by atoms with E-state index in [9.17, 15) is 22.8 Å². The molecule has 1 amide bonds. The lowest BCUT2D eigenvalue weighted by molar-refractivity contribution is -0.140. The third-order valence-electron chi connectivity index (χ3n) is 3.18.